The lowest BCUT2D eigenvalue weighted by Gasteiger charge is -2.16. The van der Waals surface area contributed by atoms with Crippen LogP contribution >= 0.6 is 11.6 Å². The lowest BCUT2D eigenvalue weighted by atomic mass is 9.97. The number of benzene rings is 2. The molecule has 0 saturated carbocycles. The lowest BCUT2D eigenvalue weighted by molar-refractivity contribution is -0.118. The summed E-state index contributed by atoms with van der Waals surface area (Å²) >= 11 is 6.15. The molecule has 0 aliphatic heterocycles. The summed E-state index contributed by atoms with van der Waals surface area (Å²) in [4.78, 5) is 12.2. The molecule has 0 bridgehead atoms. The molecule has 3 nitrogen and oxygen atoms in total. The molecule has 128 valence electrons. The van der Waals surface area contributed by atoms with Gasteiger partial charge in [0, 0.05) is 10.7 Å². The van der Waals surface area contributed by atoms with E-state index in [4.69, 9.17) is 16.3 Å². The van der Waals surface area contributed by atoms with Gasteiger partial charge in [0.15, 0.2) is 6.61 Å². The van der Waals surface area contributed by atoms with Gasteiger partial charge in [0.2, 0.25) is 0 Å². The minimum atomic E-state index is -0.170. The second-order valence-corrected chi connectivity index (χ2v) is 6.48. The maximum atomic E-state index is 12.2. The Morgan fingerprint density at radius 1 is 1.21 bits per heavy atom. The van der Waals surface area contributed by atoms with Crippen LogP contribution in [0.15, 0.2) is 36.4 Å². The van der Waals surface area contributed by atoms with E-state index >= 15 is 0 Å². The second-order valence-electron chi connectivity index (χ2n) is 6.10. The number of ether oxygens (including phenoxy) is 1. The van der Waals surface area contributed by atoms with Gasteiger partial charge in [-0.15, -0.1) is 0 Å². The van der Waals surface area contributed by atoms with Gasteiger partial charge in [-0.2, -0.15) is 0 Å². The molecule has 0 aromatic heterocycles. The average molecular weight is 346 g/mol. The highest BCUT2D eigenvalue weighted by atomic mass is 35.5. The maximum absolute atomic E-state index is 12.2. The lowest BCUT2D eigenvalue weighted by Crippen LogP contribution is -2.21. The third-order valence-corrected chi connectivity index (χ3v) is 4.75. The molecular formula is C20H24ClNO2. The van der Waals surface area contributed by atoms with E-state index in [1.54, 1.807) is 0 Å². The monoisotopic (exact) mass is 345 g/mol. The smallest absolute Gasteiger partial charge is 0.262 e. The molecule has 0 saturated heterocycles. The van der Waals surface area contributed by atoms with Crippen molar-refractivity contribution in [1.82, 2.24) is 0 Å². The zero-order chi connectivity index (χ0) is 17.7. The van der Waals surface area contributed by atoms with E-state index in [-0.39, 0.29) is 12.5 Å². The van der Waals surface area contributed by atoms with Crippen molar-refractivity contribution < 1.29 is 9.53 Å². The summed E-state index contributed by atoms with van der Waals surface area (Å²) in [5.74, 6) is 0.875. The zero-order valence-electron chi connectivity index (χ0n) is 14.7. The van der Waals surface area contributed by atoms with Crippen LogP contribution in [0.5, 0.6) is 5.75 Å². The van der Waals surface area contributed by atoms with Crippen molar-refractivity contribution in [1.29, 1.82) is 0 Å². The Labute approximate surface area is 149 Å². The standard InChI is InChI=1S/C20H24ClNO2/c1-5-13(2)17-8-6-7-9-18(17)22-19(23)12-24-16-10-14(3)20(21)15(4)11-16/h6-11,13H,5,12H2,1-4H3,(H,22,23)/t13-/m0/s1. The van der Waals surface area contributed by atoms with Crippen LogP contribution in [0.25, 0.3) is 0 Å². The summed E-state index contributed by atoms with van der Waals surface area (Å²) < 4.78 is 5.61. The number of halogens is 1. The molecule has 0 heterocycles. The molecule has 2 aromatic carbocycles. The predicted molar refractivity (Wildman–Crippen MR) is 100 cm³/mol. The van der Waals surface area contributed by atoms with Gasteiger partial charge in [-0.3, -0.25) is 4.79 Å². The highest BCUT2D eigenvalue weighted by molar-refractivity contribution is 6.32. The summed E-state index contributed by atoms with van der Waals surface area (Å²) in [5, 5.41) is 3.68. The Kier molecular flexibility index (Phi) is 6.27. The first kappa shape index (κ1) is 18.3. The highest BCUT2D eigenvalue weighted by Gasteiger charge is 2.12. The van der Waals surface area contributed by atoms with E-state index in [0.717, 1.165) is 33.8 Å². The molecule has 0 aliphatic carbocycles. The van der Waals surface area contributed by atoms with E-state index in [2.05, 4.69) is 25.2 Å². The Morgan fingerprint density at radius 3 is 2.46 bits per heavy atom. The molecule has 0 aliphatic rings. The number of carbonyl (C=O) groups excluding carboxylic acids is 1. The minimum Gasteiger partial charge on any atom is -0.484 e. The van der Waals surface area contributed by atoms with Crippen LogP contribution < -0.4 is 10.1 Å². The van der Waals surface area contributed by atoms with Crippen LogP contribution in [0.2, 0.25) is 5.02 Å². The fourth-order valence-electron chi connectivity index (χ4n) is 2.59. The highest BCUT2D eigenvalue weighted by Crippen LogP contribution is 2.27. The van der Waals surface area contributed by atoms with E-state index in [1.807, 2.05) is 44.2 Å². The predicted octanol–water partition coefficient (Wildman–Crippen LogP) is 5.49. The fraction of sp³-hybridized carbons (Fsp3) is 0.350. The number of anilines is 1. The van der Waals surface area contributed by atoms with E-state index in [1.165, 1.54) is 0 Å². The third kappa shape index (κ3) is 4.51. The molecule has 0 spiro atoms. The number of amides is 1. The molecule has 0 fully saturated rings. The van der Waals surface area contributed by atoms with Crippen LogP contribution in [0.3, 0.4) is 0 Å². The first-order chi connectivity index (χ1) is 11.4. The first-order valence-corrected chi connectivity index (χ1v) is 8.58. The van der Waals surface area contributed by atoms with Gasteiger partial charge in [-0.25, -0.2) is 0 Å². The summed E-state index contributed by atoms with van der Waals surface area (Å²) in [7, 11) is 0. The maximum Gasteiger partial charge on any atom is 0.262 e. The molecule has 1 N–H and O–H groups in total. The van der Waals surface area contributed by atoms with Crippen LogP contribution in [0, 0.1) is 13.8 Å². The molecule has 0 unspecified atom stereocenters. The SMILES string of the molecule is CC[C@H](C)c1ccccc1NC(=O)COc1cc(C)c(Cl)c(C)c1. The van der Waals surface area contributed by atoms with Crippen molar-refractivity contribution in [2.45, 2.75) is 40.0 Å². The Balaban J connectivity index is 2.02. The fourth-order valence-corrected chi connectivity index (χ4v) is 2.69. The van der Waals surface area contributed by atoms with Gasteiger partial charge in [-0.05, 0) is 61.1 Å². The van der Waals surface area contributed by atoms with Gasteiger partial charge in [-0.1, -0.05) is 43.6 Å². The molecule has 24 heavy (non-hydrogen) atoms. The van der Waals surface area contributed by atoms with E-state index in [9.17, 15) is 4.79 Å². The average Bonchev–Trinajstić information content (AvgIpc) is 2.57. The molecule has 4 heteroatoms. The second kappa shape index (κ2) is 8.20. The van der Waals surface area contributed by atoms with Gasteiger partial charge in [0.1, 0.15) is 5.75 Å². The third-order valence-electron chi connectivity index (χ3n) is 4.16. The quantitative estimate of drug-likeness (QED) is 0.752. The van der Waals surface area contributed by atoms with Gasteiger partial charge in [0.25, 0.3) is 5.91 Å². The largest absolute Gasteiger partial charge is 0.484 e. The molecule has 0 radical (unpaired) electrons. The van der Waals surface area contributed by atoms with Crippen LogP contribution in [-0.2, 0) is 4.79 Å². The molecule has 1 atom stereocenters. The van der Waals surface area contributed by atoms with Crippen LogP contribution in [0.4, 0.5) is 5.69 Å². The summed E-state index contributed by atoms with van der Waals surface area (Å²) in [5.41, 5.74) is 3.87. The molecule has 1 amide bonds. The Morgan fingerprint density at radius 2 is 1.83 bits per heavy atom. The Bertz CT molecular complexity index is 704. The van der Waals surface area contributed by atoms with Crippen molar-refractivity contribution in [3.8, 4) is 5.75 Å². The normalized spacial score (nSPS) is 11.9. The summed E-state index contributed by atoms with van der Waals surface area (Å²) in [6.45, 7) is 8.10. The number of carbonyl (C=O) groups is 1. The number of hydrogen-bond donors (Lipinski definition) is 1. The molecule has 2 rings (SSSR count). The summed E-state index contributed by atoms with van der Waals surface area (Å²) in [6, 6.07) is 11.6. The van der Waals surface area contributed by atoms with E-state index < -0.39 is 0 Å². The minimum absolute atomic E-state index is 0.0324. The topological polar surface area (TPSA) is 38.3 Å². The van der Waals surface area contributed by atoms with Crippen molar-refractivity contribution in [2.24, 2.45) is 0 Å². The van der Waals surface area contributed by atoms with Crippen molar-refractivity contribution in [3.05, 3.63) is 58.1 Å². The zero-order valence-corrected chi connectivity index (χ0v) is 15.4. The molecule has 2 aromatic rings. The number of hydrogen-bond acceptors (Lipinski definition) is 2. The number of para-hydroxylation sites is 1. The van der Waals surface area contributed by atoms with Crippen LogP contribution in [0.1, 0.15) is 42.9 Å². The Hall–Kier alpha value is -2.00. The van der Waals surface area contributed by atoms with Gasteiger partial charge >= 0.3 is 0 Å². The number of aryl methyl sites for hydroxylation is 2. The number of rotatable bonds is 6. The summed E-state index contributed by atoms with van der Waals surface area (Å²) in [6.07, 6.45) is 1.02. The van der Waals surface area contributed by atoms with Crippen molar-refractivity contribution in [2.75, 3.05) is 11.9 Å². The number of nitrogens with one attached hydrogen (secondary N) is 1. The van der Waals surface area contributed by atoms with Crippen molar-refractivity contribution >= 4 is 23.2 Å². The van der Waals surface area contributed by atoms with Gasteiger partial charge < -0.3 is 10.1 Å². The van der Waals surface area contributed by atoms with Crippen LogP contribution in [-0.4, -0.2) is 12.5 Å². The first-order valence-electron chi connectivity index (χ1n) is 8.20. The van der Waals surface area contributed by atoms with Gasteiger partial charge in [0.05, 0.1) is 0 Å². The van der Waals surface area contributed by atoms with E-state index in [0.29, 0.717) is 11.7 Å². The van der Waals surface area contributed by atoms with Crippen molar-refractivity contribution in [3.63, 3.8) is 0 Å². The molecular weight excluding hydrogens is 322 g/mol.